The highest BCUT2D eigenvalue weighted by atomic mass is 32.1. The Morgan fingerprint density at radius 2 is 2.21 bits per heavy atom. The number of anilines is 2. The first-order chi connectivity index (χ1) is 11.4. The van der Waals surface area contributed by atoms with Crippen LogP contribution in [0.4, 0.5) is 24.8 Å². The minimum atomic E-state index is -4.93. The van der Waals surface area contributed by atoms with E-state index in [2.05, 4.69) is 20.9 Å². The summed E-state index contributed by atoms with van der Waals surface area (Å²) in [6.07, 6.45) is -1.04. The minimum absolute atomic E-state index is 0.118. The molecule has 5 nitrogen and oxygen atoms in total. The van der Waals surface area contributed by atoms with Gasteiger partial charge in [0.1, 0.15) is 16.6 Å². The van der Waals surface area contributed by atoms with Crippen LogP contribution in [0.25, 0.3) is 10.6 Å². The van der Waals surface area contributed by atoms with Gasteiger partial charge < -0.3 is 10.2 Å². The van der Waals surface area contributed by atoms with Crippen molar-refractivity contribution in [2.75, 3.05) is 23.3 Å². The molecule has 1 unspecified atom stereocenters. The maximum Gasteiger partial charge on any atom is 0.471 e. The standard InChI is InChI=1S/C15H11F3N4OS/c16-15(17,18)14(23)21-11-7-24-13(20-11)8-1-2-12(19-4-8)22-5-9-3-10(9)6-22/h1-4,7,9H,5-6H2,(H,21,23). The Kier molecular flexibility index (Phi) is 3.34. The number of hydrogen-bond acceptors (Lipinski definition) is 5. The first-order valence-corrected chi connectivity index (χ1v) is 8.04. The fourth-order valence-corrected chi connectivity index (χ4v) is 3.34. The van der Waals surface area contributed by atoms with Crippen molar-refractivity contribution in [1.82, 2.24) is 9.97 Å². The predicted octanol–water partition coefficient (Wildman–Crippen LogP) is 3.08. The number of fused-ring (bicyclic) bond motifs is 1. The molecule has 1 fully saturated rings. The van der Waals surface area contributed by atoms with E-state index in [0.29, 0.717) is 16.5 Å². The lowest BCUT2D eigenvalue weighted by Gasteiger charge is -2.17. The normalized spacial score (nSPS) is 19.0. The number of aromatic nitrogens is 2. The van der Waals surface area contributed by atoms with Gasteiger partial charge in [0.05, 0.1) is 0 Å². The molecule has 0 aromatic carbocycles. The molecule has 0 spiro atoms. The second-order valence-corrected chi connectivity index (χ2v) is 6.48. The van der Waals surface area contributed by atoms with E-state index in [1.165, 1.54) is 11.0 Å². The van der Waals surface area contributed by atoms with E-state index in [9.17, 15) is 18.0 Å². The van der Waals surface area contributed by atoms with Gasteiger partial charge >= 0.3 is 12.1 Å². The minimum Gasteiger partial charge on any atom is -0.352 e. The van der Waals surface area contributed by atoms with E-state index in [4.69, 9.17) is 0 Å². The molecule has 1 saturated heterocycles. The number of carbonyl (C=O) groups is 1. The Morgan fingerprint density at radius 1 is 1.38 bits per heavy atom. The van der Waals surface area contributed by atoms with Crippen molar-refractivity contribution < 1.29 is 18.0 Å². The van der Waals surface area contributed by atoms with E-state index in [1.54, 1.807) is 11.5 Å². The Hall–Kier alpha value is -2.42. The average molecular weight is 352 g/mol. The van der Waals surface area contributed by atoms with Crippen molar-refractivity contribution in [1.29, 1.82) is 0 Å². The molecule has 2 aromatic heterocycles. The van der Waals surface area contributed by atoms with Crippen LogP contribution in [0, 0.1) is 5.92 Å². The quantitative estimate of drug-likeness (QED) is 0.863. The fourth-order valence-electron chi connectivity index (χ4n) is 2.60. The number of nitrogens with zero attached hydrogens (tertiary/aromatic N) is 3. The average Bonchev–Trinajstić information content (AvgIpc) is 2.96. The van der Waals surface area contributed by atoms with Gasteiger partial charge in [-0.3, -0.25) is 4.79 Å². The summed E-state index contributed by atoms with van der Waals surface area (Å²) in [5, 5.41) is 3.61. The third kappa shape index (κ3) is 2.86. The highest BCUT2D eigenvalue weighted by Gasteiger charge is 2.39. The zero-order valence-corrected chi connectivity index (χ0v) is 13.0. The van der Waals surface area contributed by atoms with Crippen LogP contribution in [0.15, 0.2) is 35.4 Å². The number of nitrogens with one attached hydrogen (secondary N) is 1. The van der Waals surface area contributed by atoms with E-state index < -0.39 is 12.1 Å². The first kappa shape index (κ1) is 15.1. The summed E-state index contributed by atoms with van der Waals surface area (Å²) >= 11 is 1.14. The van der Waals surface area contributed by atoms with Crippen LogP contribution in [-0.4, -0.2) is 35.1 Å². The highest BCUT2D eigenvalue weighted by Crippen LogP contribution is 2.38. The Labute approximate surface area is 138 Å². The van der Waals surface area contributed by atoms with Crippen molar-refractivity contribution in [2.45, 2.75) is 6.18 Å². The van der Waals surface area contributed by atoms with Gasteiger partial charge in [-0.05, 0) is 17.7 Å². The lowest BCUT2D eigenvalue weighted by atomic mass is 10.3. The van der Waals surface area contributed by atoms with Crippen LogP contribution in [0.3, 0.4) is 0 Å². The fraction of sp³-hybridized carbons (Fsp3) is 0.267. The van der Waals surface area contributed by atoms with Gasteiger partial charge in [-0.2, -0.15) is 13.2 Å². The van der Waals surface area contributed by atoms with Crippen molar-refractivity contribution in [3.63, 3.8) is 0 Å². The van der Waals surface area contributed by atoms with Crippen LogP contribution >= 0.6 is 11.3 Å². The maximum atomic E-state index is 12.2. The van der Waals surface area contributed by atoms with E-state index in [1.807, 2.05) is 12.1 Å². The molecule has 2 aromatic rings. The summed E-state index contributed by atoms with van der Waals surface area (Å²) in [7, 11) is 0. The van der Waals surface area contributed by atoms with Gasteiger partial charge in [-0.15, -0.1) is 11.3 Å². The summed E-state index contributed by atoms with van der Waals surface area (Å²) < 4.78 is 36.7. The van der Waals surface area contributed by atoms with Gasteiger partial charge in [0.15, 0.2) is 0 Å². The lowest BCUT2D eigenvalue weighted by Crippen LogP contribution is -2.30. The molecule has 3 heterocycles. The van der Waals surface area contributed by atoms with Crippen LogP contribution in [0.2, 0.25) is 0 Å². The number of pyridine rings is 1. The van der Waals surface area contributed by atoms with E-state index in [-0.39, 0.29) is 5.82 Å². The van der Waals surface area contributed by atoms with Crippen molar-refractivity contribution in [2.24, 2.45) is 5.92 Å². The van der Waals surface area contributed by atoms with E-state index in [0.717, 1.165) is 30.2 Å². The van der Waals surface area contributed by atoms with Crippen LogP contribution < -0.4 is 10.2 Å². The molecule has 0 radical (unpaired) electrons. The lowest BCUT2D eigenvalue weighted by molar-refractivity contribution is -0.167. The predicted molar refractivity (Wildman–Crippen MR) is 83.8 cm³/mol. The number of halogens is 3. The van der Waals surface area contributed by atoms with Gasteiger partial charge in [-0.1, -0.05) is 6.08 Å². The molecule has 24 heavy (non-hydrogen) atoms. The monoisotopic (exact) mass is 352 g/mol. The molecule has 9 heteroatoms. The molecular formula is C15H11F3N4OS. The van der Waals surface area contributed by atoms with E-state index >= 15 is 0 Å². The van der Waals surface area contributed by atoms with Gasteiger partial charge in [0.2, 0.25) is 0 Å². The summed E-state index contributed by atoms with van der Waals surface area (Å²) in [6, 6.07) is 3.70. The Bertz CT molecular complexity index is 828. The molecule has 0 bridgehead atoms. The number of hydrogen-bond donors (Lipinski definition) is 1. The molecule has 0 saturated carbocycles. The molecule has 4 rings (SSSR count). The number of thiazole rings is 1. The molecule has 2 aliphatic rings. The molecule has 1 aliphatic heterocycles. The van der Waals surface area contributed by atoms with Gasteiger partial charge in [0.25, 0.3) is 0 Å². The van der Waals surface area contributed by atoms with Crippen molar-refractivity contribution in [3.8, 4) is 10.6 Å². The van der Waals surface area contributed by atoms with Crippen LogP contribution in [0.5, 0.6) is 0 Å². The summed E-state index contributed by atoms with van der Waals surface area (Å²) in [6.45, 7) is 1.86. The molecule has 1 atom stereocenters. The molecule has 1 amide bonds. The third-order valence-electron chi connectivity index (χ3n) is 3.89. The number of rotatable bonds is 3. The molecular weight excluding hydrogens is 341 g/mol. The summed E-state index contributed by atoms with van der Waals surface area (Å²) in [5.41, 5.74) is 2.14. The zero-order chi connectivity index (χ0) is 16.9. The van der Waals surface area contributed by atoms with Gasteiger partial charge in [0, 0.05) is 36.1 Å². The van der Waals surface area contributed by atoms with Crippen LogP contribution in [0.1, 0.15) is 0 Å². The maximum absolute atomic E-state index is 12.2. The molecule has 124 valence electrons. The SMILES string of the molecule is O=C(Nc1csc(-c2ccc(N3CC4=CC4C3)nc2)n1)C(F)(F)F. The zero-order valence-electron chi connectivity index (χ0n) is 12.2. The number of carbonyl (C=O) groups excluding carboxylic acids is 1. The number of amides is 1. The Morgan fingerprint density at radius 3 is 2.83 bits per heavy atom. The molecule has 1 N–H and O–H groups in total. The highest BCUT2D eigenvalue weighted by molar-refractivity contribution is 7.13. The smallest absolute Gasteiger partial charge is 0.352 e. The second kappa shape index (κ2) is 5.30. The van der Waals surface area contributed by atoms with Gasteiger partial charge in [-0.25, -0.2) is 9.97 Å². The topological polar surface area (TPSA) is 58.1 Å². The third-order valence-corrected chi connectivity index (χ3v) is 4.79. The first-order valence-electron chi connectivity index (χ1n) is 7.16. The molecule has 1 aliphatic carbocycles. The Balaban J connectivity index is 1.46. The summed E-state index contributed by atoms with van der Waals surface area (Å²) in [5.74, 6) is -0.679. The number of alkyl halides is 3. The van der Waals surface area contributed by atoms with Crippen molar-refractivity contribution >= 4 is 28.9 Å². The largest absolute Gasteiger partial charge is 0.471 e. The van der Waals surface area contributed by atoms with Crippen LogP contribution in [-0.2, 0) is 4.79 Å². The summed E-state index contributed by atoms with van der Waals surface area (Å²) in [4.78, 5) is 21.5. The van der Waals surface area contributed by atoms with Crippen molar-refractivity contribution in [3.05, 3.63) is 35.4 Å². The second-order valence-electron chi connectivity index (χ2n) is 5.62.